The third kappa shape index (κ3) is 3.86. The molecule has 1 N–H and O–H groups in total. The summed E-state index contributed by atoms with van der Waals surface area (Å²) in [5.41, 5.74) is 2.43. The number of aryl methyl sites for hydroxylation is 1. The topological polar surface area (TPSA) is 35.2 Å². The molecule has 2 fully saturated rings. The summed E-state index contributed by atoms with van der Waals surface area (Å²) < 4.78 is 0. The Labute approximate surface area is 128 Å². The number of rotatable bonds is 5. The molecule has 0 radical (unpaired) electrons. The maximum atomic E-state index is 4.48. The van der Waals surface area contributed by atoms with Crippen molar-refractivity contribution in [1.29, 1.82) is 0 Å². The molecule has 1 atom stereocenters. The zero-order valence-electron chi connectivity index (χ0n) is 13.8. The zero-order chi connectivity index (χ0) is 14.8. The van der Waals surface area contributed by atoms with E-state index >= 15 is 0 Å². The van der Waals surface area contributed by atoms with Gasteiger partial charge in [0.25, 0.3) is 0 Å². The Bertz CT molecular complexity index is 449. The lowest BCUT2D eigenvalue weighted by Crippen LogP contribution is -2.45. The molecule has 0 bridgehead atoms. The van der Waals surface area contributed by atoms with Gasteiger partial charge < -0.3 is 4.98 Å². The quantitative estimate of drug-likeness (QED) is 0.905. The van der Waals surface area contributed by atoms with E-state index in [-0.39, 0.29) is 0 Å². The van der Waals surface area contributed by atoms with Crippen LogP contribution in [0.25, 0.3) is 0 Å². The molecular formula is C17H30N4. The molecule has 1 aromatic heterocycles. The Morgan fingerprint density at radius 3 is 2.76 bits per heavy atom. The minimum Gasteiger partial charge on any atom is -0.348 e. The number of aromatic amines is 1. The van der Waals surface area contributed by atoms with Crippen molar-refractivity contribution >= 4 is 0 Å². The van der Waals surface area contributed by atoms with Crippen molar-refractivity contribution in [2.45, 2.75) is 52.6 Å². The number of H-pyrrole nitrogens is 1. The summed E-state index contributed by atoms with van der Waals surface area (Å²) in [7, 11) is 0. The maximum Gasteiger partial charge on any atom is 0.0925 e. The first-order chi connectivity index (χ1) is 10.1. The highest BCUT2D eigenvalue weighted by Crippen LogP contribution is 2.32. The lowest BCUT2D eigenvalue weighted by atomic mass is 10.0. The van der Waals surface area contributed by atoms with Gasteiger partial charge in [0.2, 0.25) is 0 Å². The van der Waals surface area contributed by atoms with Crippen molar-refractivity contribution in [2.24, 2.45) is 11.8 Å². The normalized spacial score (nSPS) is 25.4. The largest absolute Gasteiger partial charge is 0.348 e. The average Bonchev–Trinajstić information content (AvgIpc) is 3.20. The van der Waals surface area contributed by atoms with Gasteiger partial charge in [0.1, 0.15) is 0 Å². The van der Waals surface area contributed by atoms with Crippen LogP contribution >= 0.6 is 0 Å². The maximum absolute atomic E-state index is 4.48. The fourth-order valence-corrected chi connectivity index (χ4v) is 3.53. The van der Waals surface area contributed by atoms with Crippen molar-refractivity contribution in [3.63, 3.8) is 0 Å². The minimum absolute atomic E-state index is 0.701. The van der Waals surface area contributed by atoms with Gasteiger partial charge in [0, 0.05) is 31.4 Å². The van der Waals surface area contributed by atoms with Crippen molar-refractivity contribution in [3.8, 4) is 0 Å². The molecule has 0 aromatic carbocycles. The Kier molecular flexibility index (Phi) is 4.65. The van der Waals surface area contributed by atoms with Crippen LogP contribution in [-0.2, 0) is 6.54 Å². The van der Waals surface area contributed by atoms with E-state index in [9.17, 15) is 0 Å². The molecule has 2 aliphatic rings. The van der Waals surface area contributed by atoms with Gasteiger partial charge in [-0.1, -0.05) is 13.8 Å². The molecule has 0 amide bonds. The predicted molar refractivity (Wildman–Crippen MR) is 86.1 cm³/mol. The first kappa shape index (κ1) is 15.0. The lowest BCUT2D eigenvalue weighted by molar-refractivity contribution is 0.131. The third-order valence-electron chi connectivity index (χ3n) is 5.10. The molecule has 0 spiro atoms. The van der Waals surface area contributed by atoms with Crippen molar-refractivity contribution < 1.29 is 0 Å². The second kappa shape index (κ2) is 6.49. The van der Waals surface area contributed by atoms with Gasteiger partial charge in [-0.15, -0.1) is 0 Å². The lowest BCUT2D eigenvalue weighted by Gasteiger charge is -2.34. The van der Waals surface area contributed by atoms with E-state index in [0.717, 1.165) is 18.4 Å². The van der Waals surface area contributed by atoms with E-state index in [4.69, 9.17) is 0 Å². The molecule has 1 saturated carbocycles. The zero-order valence-corrected chi connectivity index (χ0v) is 13.8. The van der Waals surface area contributed by atoms with Gasteiger partial charge in [0.15, 0.2) is 0 Å². The molecule has 0 unspecified atom stereocenters. The van der Waals surface area contributed by atoms with Crippen LogP contribution in [0.2, 0.25) is 0 Å². The molecule has 1 aliphatic carbocycles. The number of nitrogens with one attached hydrogen (secondary N) is 1. The highest BCUT2D eigenvalue weighted by Gasteiger charge is 2.32. The van der Waals surface area contributed by atoms with Crippen molar-refractivity contribution in [1.82, 2.24) is 19.8 Å². The van der Waals surface area contributed by atoms with E-state index < -0.39 is 0 Å². The van der Waals surface area contributed by atoms with Crippen LogP contribution in [0.3, 0.4) is 0 Å². The molecule has 1 aromatic rings. The molecule has 3 rings (SSSR count). The van der Waals surface area contributed by atoms with Gasteiger partial charge in [-0.05, 0) is 51.1 Å². The number of imidazole rings is 1. The van der Waals surface area contributed by atoms with Gasteiger partial charge in [-0.25, -0.2) is 4.98 Å². The SMILES string of the molecule is Cc1[nH]cnc1CN1CCCN(CC2CC2)[C@H](C(C)C)C1. The van der Waals surface area contributed by atoms with Gasteiger partial charge in [-0.2, -0.15) is 0 Å². The summed E-state index contributed by atoms with van der Waals surface area (Å²) in [6.45, 7) is 12.9. The highest BCUT2D eigenvalue weighted by molar-refractivity contribution is 5.08. The second-order valence-corrected chi connectivity index (χ2v) is 7.31. The molecular weight excluding hydrogens is 260 g/mol. The van der Waals surface area contributed by atoms with Crippen LogP contribution in [0.1, 0.15) is 44.5 Å². The molecule has 1 saturated heterocycles. The summed E-state index contributed by atoms with van der Waals surface area (Å²) in [4.78, 5) is 13.1. The van der Waals surface area contributed by atoms with Gasteiger partial charge in [0.05, 0.1) is 12.0 Å². The Morgan fingerprint density at radius 2 is 2.14 bits per heavy atom. The van der Waals surface area contributed by atoms with E-state index in [2.05, 4.69) is 40.5 Å². The number of aromatic nitrogens is 2. The summed E-state index contributed by atoms with van der Waals surface area (Å²) >= 11 is 0. The number of nitrogens with zero attached hydrogens (tertiary/aromatic N) is 3. The summed E-state index contributed by atoms with van der Waals surface area (Å²) in [6.07, 6.45) is 6.02. The Balaban J connectivity index is 1.65. The molecule has 118 valence electrons. The van der Waals surface area contributed by atoms with Crippen molar-refractivity contribution in [3.05, 3.63) is 17.7 Å². The first-order valence-electron chi connectivity index (χ1n) is 8.58. The minimum atomic E-state index is 0.701. The van der Waals surface area contributed by atoms with Crippen LogP contribution in [0.15, 0.2) is 6.33 Å². The third-order valence-corrected chi connectivity index (χ3v) is 5.10. The van der Waals surface area contributed by atoms with Crippen LogP contribution in [0.5, 0.6) is 0 Å². The van der Waals surface area contributed by atoms with E-state index in [0.29, 0.717) is 6.04 Å². The Hall–Kier alpha value is -0.870. The van der Waals surface area contributed by atoms with Crippen LogP contribution < -0.4 is 0 Å². The van der Waals surface area contributed by atoms with Crippen molar-refractivity contribution in [2.75, 3.05) is 26.2 Å². The van der Waals surface area contributed by atoms with E-state index in [1.165, 1.54) is 56.8 Å². The smallest absolute Gasteiger partial charge is 0.0925 e. The monoisotopic (exact) mass is 290 g/mol. The summed E-state index contributed by atoms with van der Waals surface area (Å²) in [5.74, 6) is 1.72. The number of hydrogen-bond acceptors (Lipinski definition) is 3. The number of hydrogen-bond donors (Lipinski definition) is 1. The van der Waals surface area contributed by atoms with Gasteiger partial charge >= 0.3 is 0 Å². The van der Waals surface area contributed by atoms with Crippen LogP contribution in [-0.4, -0.2) is 52.0 Å². The van der Waals surface area contributed by atoms with Gasteiger partial charge in [-0.3, -0.25) is 9.80 Å². The molecule has 4 heteroatoms. The second-order valence-electron chi connectivity index (χ2n) is 7.31. The summed E-state index contributed by atoms with van der Waals surface area (Å²) in [6, 6.07) is 0.701. The molecule has 21 heavy (non-hydrogen) atoms. The Morgan fingerprint density at radius 1 is 1.33 bits per heavy atom. The predicted octanol–water partition coefficient (Wildman–Crippen LogP) is 2.66. The first-order valence-corrected chi connectivity index (χ1v) is 8.58. The van der Waals surface area contributed by atoms with Crippen LogP contribution in [0.4, 0.5) is 0 Å². The van der Waals surface area contributed by atoms with Crippen LogP contribution in [0, 0.1) is 18.8 Å². The fourth-order valence-electron chi connectivity index (χ4n) is 3.53. The molecule has 4 nitrogen and oxygen atoms in total. The average molecular weight is 290 g/mol. The fraction of sp³-hybridized carbons (Fsp3) is 0.824. The van der Waals surface area contributed by atoms with E-state index in [1.807, 2.05) is 6.33 Å². The molecule has 1 aliphatic heterocycles. The molecule has 2 heterocycles. The highest BCUT2D eigenvalue weighted by atomic mass is 15.3. The standard InChI is InChI=1S/C17H30N4/c1-13(2)17-11-20(10-16-14(3)18-12-19-16)7-4-8-21(17)9-15-5-6-15/h12-13,15,17H,4-11H2,1-3H3,(H,18,19)/t17-/m0/s1. The van der Waals surface area contributed by atoms with E-state index in [1.54, 1.807) is 0 Å². The summed E-state index contributed by atoms with van der Waals surface area (Å²) in [5, 5.41) is 0.